The molecule has 1 aromatic rings. The second-order valence-corrected chi connectivity index (χ2v) is 4.39. The Morgan fingerprint density at radius 3 is 3.00 bits per heavy atom. The molecule has 1 aliphatic rings. The summed E-state index contributed by atoms with van der Waals surface area (Å²) in [7, 11) is 0. The van der Waals surface area contributed by atoms with Crippen molar-refractivity contribution in [1.82, 2.24) is 14.9 Å². The maximum absolute atomic E-state index is 4.28. The topological polar surface area (TPSA) is 29.0 Å². The van der Waals surface area contributed by atoms with E-state index in [2.05, 4.69) is 28.7 Å². The molecule has 0 bridgehead atoms. The van der Waals surface area contributed by atoms with Crippen molar-refractivity contribution < 1.29 is 0 Å². The molecule has 0 N–H and O–H groups in total. The SMILES string of the molecule is CC(C)CCN1Cc2cncnc2C1. The average Bonchev–Trinajstić information content (AvgIpc) is 2.57. The van der Waals surface area contributed by atoms with Gasteiger partial charge in [0.2, 0.25) is 0 Å². The predicted molar refractivity (Wildman–Crippen MR) is 55.6 cm³/mol. The smallest absolute Gasteiger partial charge is 0.115 e. The Balaban J connectivity index is 1.92. The number of rotatable bonds is 3. The number of fused-ring (bicyclic) bond motifs is 1. The van der Waals surface area contributed by atoms with Crippen LogP contribution in [-0.4, -0.2) is 21.4 Å². The van der Waals surface area contributed by atoms with Gasteiger partial charge in [-0.05, 0) is 18.9 Å². The highest BCUT2D eigenvalue weighted by Gasteiger charge is 2.19. The minimum atomic E-state index is 0.782. The Morgan fingerprint density at radius 1 is 1.43 bits per heavy atom. The molecule has 0 aromatic carbocycles. The van der Waals surface area contributed by atoms with Gasteiger partial charge in [0.15, 0.2) is 0 Å². The van der Waals surface area contributed by atoms with E-state index < -0.39 is 0 Å². The molecular weight excluding hydrogens is 174 g/mol. The van der Waals surface area contributed by atoms with Gasteiger partial charge in [-0.25, -0.2) is 9.97 Å². The van der Waals surface area contributed by atoms with Crippen LogP contribution in [0.4, 0.5) is 0 Å². The maximum Gasteiger partial charge on any atom is 0.115 e. The summed E-state index contributed by atoms with van der Waals surface area (Å²) >= 11 is 0. The van der Waals surface area contributed by atoms with Gasteiger partial charge in [-0.15, -0.1) is 0 Å². The van der Waals surface area contributed by atoms with Gasteiger partial charge in [-0.3, -0.25) is 4.90 Å². The summed E-state index contributed by atoms with van der Waals surface area (Å²) < 4.78 is 0. The molecule has 0 saturated heterocycles. The molecule has 2 rings (SSSR count). The van der Waals surface area contributed by atoms with Crippen molar-refractivity contribution in [2.45, 2.75) is 33.4 Å². The molecule has 0 saturated carbocycles. The highest BCUT2D eigenvalue weighted by molar-refractivity contribution is 5.19. The molecule has 76 valence electrons. The van der Waals surface area contributed by atoms with Crippen molar-refractivity contribution in [2.75, 3.05) is 6.54 Å². The van der Waals surface area contributed by atoms with Crippen LogP contribution in [0.15, 0.2) is 12.5 Å². The van der Waals surface area contributed by atoms with Crippen molar-refractivity contribution in [3.8, 4) is 0 Å². The molecule has 0 atom stereocenters. The molecule has 0 fully saturated rings. The fraction of sp³-hybridized carbons (Fsp3) is 0.636. The molecule has 0 aliphatic carbocycles. The van der Waals surface area contributed by atoms with E-state index in [1.165, 1.54) is 24.2 Å². The predicted octanol–water partition coefficient (Wildman–Crippen LogP) is 1.84. The first-order chi connectivity index (χ1) is 6.75. The lowest BCUT2D eigenvalue weighted by Gasteiger charge is -2.15. The van der Waals surface area contributed by atoms with Crippen molar-refractivity contribution >= 4 is 0 Å². The minimum Gasteiger partial charge on any atom is -0.293 e. The molecule has 14 heavy (non-hydrogen) atoms. The summed E-state index contributed by atoms with van der Waals surface area (Å²) in [5, 5.41) is 0. The maximum atomic E-state index is 4.28. The van der Waals surface area contributed by atoms with Crippen molar-refractivity contribution in [1.29, 1.82) is 0 Å². The zero-order valence-corrected chi connectivity index (χ0v) is 8.90. The summed E-state index contributed by atoms with van der Waals surface area (Å²) in [6, 6.07) is 0. The van der Waals surface area contributed by atoms with Gasteiger partial charge in [-0.1, -0.05) is 13.8 Å². The van der Waals surface area contributed by atoms with Crippen molar-refractivity contribution in [2.24, 2.45) is 5.92 Å². The Hall–Kier alpha value is -0.960. The zero-order valence-electron chi connectivity index (χ0n) is 8.90. The van der Waals surface area contributed by atoms with Gasteiger partial charge in [-0.2, -0.15) is 0 Å². The van der Waals surface area contributed by atoms with Crippen molar-refractivity contribution in [3.63, 3.8) is 0 Å². The molecule has 2 heterocycles. The summed E-state index contributed by atoms with van der Waals surface area (Å²) in [5.74, 6) is 0.782. The summed E-state index contributed by atoms with van der Waals surface area (Å²) in [6.45, 7) is 7.74. The summed E-state index contributed by atoms with van der Waals surface area (Å²) in [6.07, 6.45) is 4.85. The van der Waals surface area contributed by atoms with Crippen LogP contribution in [0.1, 0.15) is 31.5 Å². The largest absolute Gasteiger partial charge is 0.293 e. The van der Waals surface area contributed by atoms with Crippen LogP contribution in [0.5, 0.6) is 0 Å². The quantitative estimate of drug-likeness (QED) is 0.730. The van der Waals surface area contributed by atoms with E-state index in [9.17, 15) is 0 Å². The molecule has 1 aromatic heterocycles. The van der Waals surface area contributed by atoms with E-state index >= 15 is 0 Å². The van der Waals surface area contributed by atoms with E-state index in [-0.39, 0.29) is 0 Å². The first-order valence-corrected chi connectivity index (χ1v) is 5.26. The molecule has 3 nitrogen and oxygen atoms in total. The van der Waals surface area contributed by atoms with Gasteiger partial charge in [0.05, 0.1) is 5.69 Å². The second-order valence-electron chi connectivity index (χ2n) is 4.39. The lowest BCUT2D eigenvalue weighted by molar-refractivity contribution is 0.264. The highest BCUT2D eigenvalue weighted by atomic mass is 15.2. The molecule has 3 heteroatoms. The number of aromatic nitrogens is 2. The Labute approximate surface area is 85.2 Å². The fourth-order valence-corrected chi connectivity index (χ4v) is 1.77. The van der Waals surface area contributed by atoms with Crippen molar-refractivity contribution in [3.05, 3.63) is 23.8 Å². The first-order valence-electron chi connectivity index (χ1n) is 5.26. The van der Waals surface area contributed by atoms with Crippen LogP contribution in [0.2, 0.25) is 0 Å². The standard InChI is InChI=1S/C11H17N3/c1-9(2)3-4-14-6-10-5-12-8-13-11(10)7-14/h5,8-9H,3-4,6-7H2,1-2H3. The third-order valence-electron chi connectivity index (χ3n) is 2.67. The minimum absolute atomic E-state index is 0.782. The second kappa shape index (κ2) is 4.05. The van der Waals surface area contributed by atoms with Crippen LogP contribution in [0.25, 0.3) is 0 Å². The van der Waals surface area contributed by atoms with Crippen LogP contribution < -0.4 is 0 Å². The Morgan fingerprint density at radius 2 is 2.29 bits per heavy atom. The van der Waals surface area contributed by atoms with E-state index in [1.54, 1.807) is 6.33 Å². The van der Waals surface area contributed by atoms with Crippen LogP contribution >= 0.6 is 0 Å². The third-order valence-corrected chi connectivity index (χ3v) is 2.67. The molecule has 1 aliphatic heterocycles. The highest BCUT2D eigenvalue weighted by Crippen LogP contribution is 2.19. The number of hydrogen-bond acceptors (Lipinski definition) is 3. The van der Waals surface area contributed by atoms with Gasteiger partial charge < -0.3 is 0 Å². The van der Waals surface area contributed by atoms with Gasteiger partial charge in [0.25, 0.3) is 0 Å². The van der Waals surface area contributed by atoms with E-state index in [0.717, 1.165) is 19.0 Å². The molecule has 0 radical (unpaired) electrons. The van der Waals surface area contributed by atoms with E-state index in [0.29, 0.717) is 0 Å². The number of nitrogens with zero attached hydrogens (tertiary/aromatic N) is 3. The molecule has 0 amide bonds. The molecular formula is C11H17N3. The lowest BCUT2D eigenvalue weighted by Crippen LogP contribution is -2.19. The fourth-order valence-electron chi connectivity index (χ4n) is 1.77. The van der Waals surface area contributed by atoms with Gasteiger partial charge in [0, 0.05) is 24.8 Å². The zero-order chi connectivity index (χ0) is 9.97. The number of hydrogen-bond donors (Lipinski definition) is 0. The lowest BCUT2D eigenvalue weighted by atomic mass is 10.1. The van der Waals surface area contributed by atoms with Crippen LogP contribution in [0, 0.1) is 5.92 Å². The van der Waals surface area contributed by atoms with Crippen LogP contribution in [-0.2, 0) is 13.1 Å². The van der Waals surface area contributed by atoms with Gasteiger partial charge >= 0.3 is 0 Å². The summed E-state index contributed by atoms with van der Waals surface area (Å²) in [4.78, 5) is 10.8. The third kappa shape index (κ3) is 2.10. The Bertz CT molecular complexity index is 284. The molecule has 0 unspecified atom stereocenters. The monoisotopic (exact) mass is 191 g/mol. The Kier molecular flexibility index (Phi) is 2.77. The summed E-state index contributed by atoms with van der Waals surface area (Å²) in [5.41, 5.74) is 2.51. The normalized spacial score (nSPS) is 16.2. The first kappa shape index (κ1) is 9.59. The van der Waals surface area contributed by atoms with E-state index in [1.807, 2.05) is 6.20 Å². The van der Waals surface area contributed by atoms with E-state index in [4.69, 9.17) is 0 Å². The average molecular weight is 191 g/mol. The molecule has 0 spiro atoms. The van der Waals surface area contributed by atoms with Crippen LogP contribution in [0.3, 0.4) is 0 Å². The van der Waals surface area contributed by atoms with Gasteiger partial charge in [0.1, 0.15) is 6.33 Å².